The first kappa shape index (κ1) is 21.9. The van der Waals surface area contributed by atoms with Gasteiger partial charge >= 0.3 is 6.16 Å². The molecule has 1 aromatic heterocycles. The van der Waals surface area contributed by atoms with E-state index in [0.717, 1.165) is 21.8 Å². The van der Waals surface area contributed by atoms with Crippen molar-refractivity contribution in [2.75, 3.05) is 4.90 Å². The van der Waals surface area contributed by atoms with E-state index >= 15 is 0 Å². The molecule has 32 heavy (non-hydrogen) atoms. The van der Waals surface area contributed by atoms with E-state index in [4.69, 9.17) is 27.9 Å². The van der Waals surface area contributed by atoms with Gasteiger partial charge in [-0.05, 0) is 42.0 Å². The van der Waals surface area contributed by atoms with E-state index in [-0.39, 0.29) is 15.6 Å². The lowest BCUT2D eigenvalue weighted by atomic mass is 10.1. The van der Waals surface area contributed by atoms with E-state index < -0.39 is 12.1 Å². The van der Waals surface area contributed by atoms with Crippen molar-refractivity contribution in [2.24, 2.45) is 0 Å². The van der Waals surface area contributed by atoms with E-state index in [9.17, 15) is 14.7 Å². The van der Waals surface area contributed by atoms with Crippen molar-refractivity contribution in [1.82, 2.24) is 0 Å². The molecule has 0 atom stereocenters. The van der Waals surface area contributed by atoms with E-state index in [1.807, 2.05) is 36.4 Å². The zero-order valence-corrected chi connectivity index (χ0v) is 18.7. The summed E-state index contributed by atoms with van der Waals surface area (Å²) in [6.45, 7) is 0. The summed E-state index contributed by atoms with van der Waals surface area (Å²) in [6.07, 6.45) is -1.47. The Morgan fingerprint density at radius 1 is 0.875 bits per heavy atom. The summed E-state index contributed by atoms with van der Waals surface area (Å²) in [4.78, 5) is 27.2. The number of rotatable bonds is 5. The van der Waals surface area contributed by atoms with Gasteiger partial charge in [0.25, 0.3) is 5.91 Å². The summed E-state index contributed by atoms with van der Waals surface area (Å²) in [5, 5.41) is 9.95. The summed E-state index contributed by atoms with van der Waals surface area (Å²) in [6, 6.07) is 24.6. The summed E-state index contributed by atoms with van der Waals surface area (Å²) >= 11 is 13.4. The largest absolute Gasteiger partial charge is 0.512 e. The summed E-state index contributed by atoms with van der Waals surface area (Å²) in [5.41, 5.74) is 1.90. The van der Waals surface area contributed by atoms with Crippen molar-refractivity contribution in [3.05, 3.63) is 101 Å². The fourth-order valence-corrected chi connectivity index (χ4v) is 4.63. The van der Waals surface area contributed by atoms with Crippen LogP contribution in [0.25, 0.3) is 10.4 Å². The number of carbonyl (C=O) groups is 2. The number of carboxylic acid groups (broad SMARTS) is 1. The maximum Gasteiger partial charge on any atom is 0.512 e. The fourth-order valence-electron chi connectivity index (χ4n) is 3.14. The van der Waals surface area contributed by atoms with E-state index in [0.29, 0.717) is 16.4 Å². The van der Waals surface area contributed by atoms with Gasteiger partial charge in [0.15, 0.2) is 0 Å². The summed E-state index contributed by atoms with van der Waals surface area (Å²) < 4.78 is 5.07. The van der Waals surface area contributed by atoms with Crippen LogP contribution in [-0.2, 0) is 0 Å². The molecule has 8 heteroatoms. The highest BCUT2D eigenvalue weighted by atomic mass is 35.5. The van der Waals surface area contributed by atoms with Crippen LogP contribution in [0.15, 0.2) is 84.9 Å². The van der Waals surface area contributed by atoms with Crippen molar-refractivity contribution in [3.8, 4) is 15.5 Å². The molecule has 1 amide bonds. The lowest BCUT2D eigenvalue weighted by molar-refractivity contribution is 0.0997. The van der Waals surface area contributed by atoms with Crippen molar-refractivity contribution < 1.29 is 19.4 Å². The molecule has 4 aromatic rings. The van der Waals surface area contributed by atoms with E-state index in [1.54, 1.807) is 36.4 Å². The van der Waals surface area contributed by atoms with Crippen molar-refractivity contribution >= 4 is 58.0 Å². The fraction of sp³-hybridized carbons (Fsp3) is 0. The Labute approximate surface area is 198 Å². The summed E-state index contributed by atoms with van der Waals surface area (Å²) in [7, 11) is 0. The number of thiophene rings is 1. The van der Waals surface area contributed by atoms with Gasteiger partial charge in [0.2, 0.25) is 5.06 Å². The normalized spacial score (nSPS) is 10.6. The van der Waals surface area contributed by atoms with Crippen molar-refractivity contribution in [2.45, 2.75) is 0 Å². The highest BCUT2D eigenvalue weighted by Crippen LogP contribution is 2.46. The Balaban J connectivity index is 1.90. The Kier molecular flexibility index (Phi) is 6.46. The molecule has 0 aliphatic heterocycles. The van der Waals surface area contributed by atoms with Gasteiger partial charge in [-0.15, -0.1) is 0 Å². The molecule has 0 unspecified atom stereocenters. The highest BCUT2D eigenvalue weighted by molar-refractivity contribution is 7.18. The van der Waals surface area contributed by atoms with Crippen LogP contribution in [0, 0.1) is 0 Å². The van der Waals surface area contributed by atoms with E-state index in [1.165, 1.54) is 17.0 Å². The summed E-state index contributed by atoms with van der Waals surface area (Å²) in [5.74, 6) is -0.453. The third-order valence-corrected chi connectivity index (χ3v) is 6.14. The van der Waals surface area contributed by atoms with Crippen LogP contribution in [0.3, 0.4) is 0 Å². The van der Waals surface area contributed by atoms with Crippen LogP contribution >= 0.6 is 34.5 Å². The third kappa shape index (κ3) is 4.62. The number of hydrogen-bond acceptors (Lipinski definition) is 4. The number of carbonyl (C=O) groups excluding carboxylic acids is 1. The second-order valence-corrected chi connectivity index (χ2v) is 8.48. The lowest BCUT2D eigenvalue weighted by Gasteiger charge is -2.23. The number of benzene rings is 3. The van der Waals surface area contributed by atoms with Gasteiger partial charge in [0.05, 0.1) is 10.6 Å². The minimum atomic E-state index is -1.47. The van der Waals surface area contributed by atoms with Gasteiger partial charge in [-0.3, -0.25) is 9.69 Å². The molecule has 4 rings (SSSR count). The zero-order valence-electron chi connectivity index (χ0n) is 16.4. The minimum absolute atomic E-state index is 0.0682. The van der Waals surface area contributed by atoms with Crippen LogP contribution in [0.4, 0.5) is 16.2 Å². The topological polar surface area (TPSA) is 66.8 Å². The molecule has 0 aliphatic carbocycles. The maximum atomic E-state index is 13.7. The zero-order chi connectivity index (χ0) is 22.7. The lowest BCUT2D eigenvalue weighted by Crippen LogP contribution is -2.26. The van der Waals surface area contributed by atoms with Crippen molar-refractivity contribution in [1.29, 1.82) is 0 Å². The molecule has 0 fully saturated rings. The van der Waals surface area contributed by atoms with Crippen LogP contribution in [0.1, 0.15) is 10.4 Å². The highest BCUT2D eigenvalue weighted by Gasteiger charge is 2.28. The second kappa shape index (κ2) is 9.44. The SMILES string of the molecule is O=C(O)Oc1sc(-c2ccccc2)cc1N(C(=O)c1ccc(Cl)cc1Cl)c1ccccc1. The van der Waals surface area contributed by atoms with Gasteiger partial charge in [0, 0.05) is 15.6 Å². The average Bonchev–Trinajstić information content (AvgIpc) is 3.18. The molecule has 0 spiro atoms. The number of anilines is 2. The molecule has 1 N–H and O–H groups in total. The molecule has 5 nitrogen and oxygen atoms in total. The van der Waals surface area contributed by atoms with Crippen LogP contribution in [-0.4, -0.2) is 17.2 Å². The minimum Gasteiger partial charge on any atom is -0.449 e. The number of halogens is 2. The van der Waals surface area contributed by atoms with Gasteiger partial charge in [-0.25, -0.2) is 4.79 Å². The van der Waals surface area contributed by atoms with Crippen molar-refractivity contribution in [3.63, 3.8) is 0 Å². The molecule has 3 aromatic carbocycles. The Morgan fingerprint density at radius 3 is 2.16 bits per heavy atom. The molecule has 160 valence electrons. The number of nitrogens with zero attached hydrogens (tertiary/aromatic N) is 1. The van der Waals surface area contributed by atoms with Gasteiger partial charge < -0.3 is 9.84 Å². The maximum absolute atomic E-state index is 13.7. The monoisotopic (exact) mass is 483 g/mol. The van der Waals surface area contributed by atoms with Gasteiger partial charge in [-0.1, -0.05) is 83.1 Å². The smallest absolute Gasteiger partial charge is 0.449 e. The Morgan fingerprint density at radius 2 is 1.53 bits per heavy atom. The molecule has 1 heterocycles. The Hall–Kier alpha value is -3.32. The predicted octanol–water partition coefficient (Wildman–Crippen LogP) is 7.76. The third-order valence-electron chi connectivity index (χ3n) is 4.54. The van der Waals surface area contributed by atoms with Gasteiger partial charge in [-0.2, -0.15) is 0 Å². The number of para-hydroxylation sites is 1. The molecular formula is C24H15Cl2NO4S. The molecule has 0 saturated carbocycles. The van der Waals surface area contributed by atoms with Crippen LogP contribution in [0.2, 0.25) is 10.0 Å². The molecule has 0 bridgehead atoms. The van der Waals surface area contributed by atoms with E-state index in [2.05, 4.69) is 0 Å². The standard InChI is InChI=1S/C24H15Cl2NO4S/c25-16-11-12-18(19(26)13-16)22(28)27(17-9-5-2-6-10-17)20-14-21(15-7-3-1-4-8-15)32-23(20)31-24(29)30/h1-14H,(H,29,30). The number of ether oxygens (including phenoxy) is 1. The van der Waals surface area contributed by atoms with Crippen LogP contribution < -0.4 is 9.64 Å². The first-order valence-electron chi connectivity index (χ1n) is 9.38. The Bertz CT molecular complexity index is 1280. The van der Waals surface area contributed by atoms with Crippen LogP contribution in [0.5, 0.6) is 5.06 Å². The first-order chi connectivity index (χ1) is 15.4. The first-order valence-corrected chi connectivity index (χ1v) is 11.0. The molecular weight excluding hydrogens is 469 g/mol. The number of amides is 1. The molecule has 0 aliphatic rings. The molecule has 0 saturated heterocycles. The average molecular weight is 484 g/mol. The molecule has 0 radical (unpaired) electrons. The van der Waals surface area contributed by atoms with Gasteiger partial charge in [0.1, 0.15) is 5.69 Å². The second-order valence-electron chi connectivity index (χ2n) is 6.62. The number of hydrogen-bond donors (Lipinski definition) is 1. The predicted molar refractivity (Wildman–Crippen MR) is 128 cm³/mol. The quantitative estimate of drug-likeness (QED) is 0.294.